The normalized spacial score (nSPS) is 10.1. The first kappa shape index (κ1) is 18.3. The van der Waals surface area contributed by atoms with Crippen LogP contribution in [0.2, 0.25) is 0 Å². The van der Waals surface area contributed by atoms with Crippen LogP contribution in [0.15, 0.2) is 66.0 Å². The molecule has 0 atom stereocenters. The van der Waals surface area contributed by atoms with E-state index in [1.807, 2.05) is 11.4 Å². The number of rotatable bonds is 5. The average molecular weight is 380 g/mol. The fraction of sp³-hybridized carbons (Fsp3) is 0.0500. The molecule has 27 heavy (non-hydrogen) atoms. The lowest BCUT2D eigenvalue weighted by Crippen LogP contribution is -2.13. The van der Waals surface area contributed by atoms with Gasteiger partial charge in [-0.15, -0.1) is 11.3 Å². The fourth-order valence-electron chi connectivity index (χ4n) is 2.35. The van der Waals surface area contributed by atoms with Gasteiger partial charge in [-0.2, -0.15) is 0 Å². The molecule has 0 aliphatic carbocycles. The lowest BCUT2D eigenvalue weighted by molar-refractivity contribution is 0.0600. The van der Waals surface area contributed by atoms with Crippen molar-refractivity contribution < 1.29 is 19.1 Å². The minimum absolute atomic E-state index is 0.193. The molecule has 0 fully saturated rings. The van der Waals surface area contributed by atoms with Gasteiger partial charge in [0.2, 0.25) is 0 Å². The molecule has 0 unspecified atom stereocenters. The van der Waals surface area contributed by atoms with Crippen LogP contribution in [0.4, 0.5) is 11.4 Å². The van der Waals surface area contributed by atoms with Gasteiger partial charge in [0.25, 0.3) is 11.8 Å². The summed E-state index contributed by atoms with van der Waals surface area (Å²) in [6, 6.07) is 16.6. The third-order valence-corrected chi connectivity index (χ3v) is 4.56. The van der Waals surface area contributed by atoms with E-state index in [4.69, 9.17) is 0 Å². The summed E-state index contributed by atoms with van der Waals surface area (Å²) in [5.41, 5.74) is 1.85. The first-order chi connectivity index (χ1) is 13.1. The predicted molar refractivity (Wildman–Crippen MR) is 104 cm³/mol. The van der Waals surface area contributed by atoms with Crippen LogP contribution in [0.1, 0.15) is 30.4 Å². The molecule has 6 nitrogen and oxygen atoms in total. The van der Waals surface area contributed by atoms with Crippen molar-refractivity contribution >= 4 is 40.5 Å². The maximum Gasteiger partial charge on any atom is 0.337 e. The van der Waals surface area contributed by atoms with Gasteiger partial charge in [-0.3, -0.25) is 9.59 Å². The molecule has 0 saturated carbocycles. The van der Waals surface area contributed by atoms with Crippen molar-refractivity contribution in [2.75, 3.05) is 17.7 Å². The van der Waals surface area contributed by atoms with Crippen molar-refractivity contribution in [1.82, 2.24) is 0 Å². The zero-order valence-corrected chi connectivity index (χ0v) is 15.2. The van der Waals surface area contributed by atoms with Gasteiger partial charge in [0.05, 0.1) is 17.6 Å². The Hall–Kier alpha value is -3.45. The second-order valence-electron chi connectivity index (χ2n) is 5.54. The molecule has 1 heterocycles. The van der Waals surface area contributed by atoms with Crippen molar-refractivity contribution in [3.05, 3.63) is 82.0 Å². The lowest BCUT2D eigenvalue weighted by Gasteiger charge is -2.08. The van der Waals surface area contributed by atoms with Crippen molar-refractivity contribution in [3.63, 3.8) is 0 Å². The summed E-state index contributed by atoms with van der Waals surface area (Å²) in [6.07, 6.45) is 0. The summed E-state index contributed by atoms with van der Waals surface area (Å²) >= 11 is 1.36. The highest BCUT2D eigenvalue weighted by atomic mass is 32.1. The van der Waals surface area contributed by atoms with Gasteiger partial charge in [0.15, 0.2) is 0 Å². The Labute approximate surface area is 159 Å². The molecule has 2 N–H and O–H groups in total. The summed E-state index contributed by atoms with van der Waals surface area (Å²) < 4.78 is 4.67. The van der Waals surface area contributed by atoms with E-state index in [0.29, 0.717) is 27.4 Å². The van der Waals surface area contributed by atoms with Gasteiger partial charge in [0.1, 0.15) is 0 Å². The van der Waals surface area contributed by atoms with E-state index in [1.54, 1.807) is 54.6 Å². The van der Waals surface area contributed by atoms with Gasteiger partial charge in [0, 0.05) is 16.9 Å². The number of amides is 2. The van der Waals surface area contributed by atoms with E-state index in [-0.39, 0.29) is 11.8 Å². The van der Waals surface area contributed by atoms with E-state index in [9.17, 15) is 14.4 Å². The highest BCUT2D eigenvalue weighted by Crippen LogP contribution is 2.16. The number of hydrogen-bond donors (Lipinski definition) is 2. The largest absolute Gasteiger partial charge is 0.465 e. The number of ether oxygens (including phenoxy) is 1. The molecule has 7 heteroatoms. The number of hydrogen-bond acceptors (Lipinski definition) is 5. The molecule has 0 saturated heterocycles. The zero-order chi connectivity index (χ0) is 19.2. The smallest absolute Gasteiger partial charge is 0.337 e. The molecule has 2 amide bonds. The molecule has 3 rings (SSSR count). The van der Waals surface area contributed by atoms with Crippen LogP contribution < -0.4 is 10.6 Å². The third kappa shape index (κ3) is 4.59. The number of anilines is 2. The van der Waals surface area contributed by atoms with Gasteiger partial charge < -0.3 is 15.4 Å². The Morgan fingerprint density at radius 1 is 0.815 bits per heavy atom. The van der Waals surface area contributed by atoms with Crippen LogP contribution in [0.3, 0.4) is 0 Å². The number of benzene rings is 2. The Balaban J connectivity index is 1.65. The van der Waals surface area contributed by atoms with Crippen LogP contribution in [0.25, 0.3) is 0 Å². The standard InChI is InChI=1S/C20H16N2O4S/c1-26-20(25)14-4-2-5-16(12-14)22-18(23)13-7-9-15(10-8-13)21-19(24)17-6-3-11-27-17/h2-12H,1H3,(H,21,24)(H,22,23). The number of thiophene rings is 1. The van der Waals surface area contributed by atoms with Gasteiger partial charge in [-0.05, 0) is 53.9 Å². The van der Waals surface area contributed by atoms with E-state index >= 15 is 0 Å². The molecule has 2 aromatic carbocycles. The molecule has 1 aromatic heterocycles. The first-order valence-electron chi connectivity index (χ1n) is 8.01. The molecule has 0 aliphatic rings. The third-order valence-electron chi connectivity index (χ3n) is 3.69. The second-order valence-corrected chi connectivity index (χ2v) is 6.48. The van der Waals surface area contributed by atoms with Gasteiger partial charge >= 0.3 is 5.97 Å². The van der Waals surface area contributed by atoms with Crippen molar-refractivity contribution in [2.45, 2.75) is 0 Å². The summed E-state index contributed by atoms with van der Waals surface area (Å²) in [7, 11) is 1.30. The summed E-state index contributed by atoms with van der Waals surface area (Å²) in [5, 5.41) is 7.33. The molecule has 3 aromatic rings. The Morgan fingerprint density at radius 3 is 2.22 bits per heavy atom. The zero-order valence-electron chi connectivity index (χ0n) is 14.4. The van der Waals surface area contributed by atoms with E-state index < -0.39 is 5.97 Å². The summed E-state index contributed by atoms with van der Waals surface area (Å²) in [5.74, 6) is -0.994. The van der Waals surface area contributed by atoms with E-state index in [1.165, 1.54) is 18.4 Å². The maximum atomic E-state index is 12.4. The minimum Gasteiger partial charge on any atom is -0.465 e. The van der Waals surface area contributed by atoms with Crippen LogP contribution in [0.5, 0.6) is 0 Å². The quantitative estimate of drug-likeness (QED) is 0.654. The number of nitrogens with one attached hydrogen (secondary N) is 2. The molecular weight excluding hydrogens is 364 g/mol. The highest BCUT2D eigenvalue weighted by molar-refractivity contribution is 7.12. The monoisotopic (exact) mass is 380 g/mol. The Kier molecular flexibility index (Phi) is 5.63. The Morgan fingerprint density at radius 2 is 1.56 bits per heavy atom. The van der Waals surface area contributed by atoms with Crippen LogP contribution >= 0.6 is 11.3 Å². The number of methoxy groups -OCH3 is 1. The predicted octanol–water partition coefficient (Wildman–Crippen LogP) is 4.04. The highest BCUT2D eigenvalue weighted by Gasteiger charge is 2.11. The molecule has 0 bridgehead atoms. The number of carbonyl (C=O) groups excluding carboxylic acids is 3. The molecule has 0 spiro atoms. The topological polar surface area (TPSA) is 84.5 Å². The van der Waals surface area contributed by atoms with Crippen LogP contribution in [-0.2, 0) is 4.74 Å². The molecule has 0 aliphatic heterocycles. The van der Waals surface area contributed by atoms with Crippen molar-refractivity contribution in [1.29, 1.82) is 0 Å². The average Bonchev–Trinajstić information content (AvgIpc) is 3.23. The lowest BCUT2D eigenvalue weighted by atomic mass is 10.1. The molecular formula is C20H16N2O4S. The van der Waals surface area contributed by atoms with Gasteiger partial charge in [-0.1, -0.05) is 12.1 Å². The Bertz CT molecular complexity index is 966. The number of esters is 1. The maximum absolute atomic E-state index is 12.4. The van der Waals surface area contributed by atoms with Crippen molar-refractivity contribution in [3.8, 4) is 0 Å². The molecule has 136 valence electrons. The van der Waals surface area contributed by atoms with E-state index in [2.05, 4.69) is 15.4 Å². The van der Waals surface area contributed by atoms with Gasteiger partial charge in [-0.25, -0.2) is 4.79 Å². The van der Waals surface area contributed by atoms with Crippen LogP contribution in [-0.4, -0.2) is 24.9 Å². The SMILES string of the molecule is COC(=O)c1cccc(NC(=O)c2ccc(NC(=O)c3cccs3)cc2)c1. The second kappa shape index (κ2) is 8.29. The first-order valence-corrected chi connectivity index (χ1v) is 8.89. The van der Waals surface area contributed by atoms with E-state index in [0.717, 1.165) is 0 Å². The summed E-state index contributed by atoms with van der Waals surface area (Å²) in [6.45, 7) is 0. The molecule has 0 radical (unpaired) electrons. The minimum atomic E-state index is -0.475. The fourth-order valence-corrected chi connectivity index (χ4v) is 2.97. The number of carbonyl (C=O) groups is 3. The summed E-state index contributed by atoms with van der Waals surface area (Å²) in [4.78, 5) is 36.6. The van der Waals surface area contributed by atoms with Crippen molar-refractivity contribution in [2.24, 2.45) is 0 Å². The van der Waals surface area contributed by atoms with Crippen LogP contribution in [0, 0.1) is 0 Å².